The van der Waals surface area contributed by atoms with E-state index >= 15 is 4.39 Å². The molecule has 0 saturated carbocycles. The van der Waals surface area contributed by atoms with Gasteiger partial charge in [-0.1, -0.05) is 138 Å². The van der Waals surface area contributed by atoms with Crippen LogP contribution in [0.25, 0.3) is 5.70 Å². The number of alkyl halides is 4. The lowest BCUT2D eigenvalue weighted by atomic mass is 9.76. The van der Waals surface area contributed by atoms with Gasteiger partial charge < -0.3 is 15.1 Å². The molecular formula is C44H36F4IN5O. The predicted molar refractivity (Wildman–Crippen MR) is 217 cm³/mol. The van der Waals surface area contributed by atoms with Crippen molar-refractivity contribution in [1.82, 2.24) is 15.2 Å². The van der Waals surface area contributed by atoms with Crippen LogP contribution in [-0.4, -0.2) is 33.5 Å². The summed E-state index contributed by atoms with van der Waals surface area (Å²) in [6.07, 6.45) is 4.79. The van der Waals surface area contributed by atoms with Crippen LogP contribution in [0.4, 0.5) is 23.2 Å². The maximum atomic E-state index is 15.7. The van der Waals surface area contributed by atoms with Gasteiger partial charge in [0.05, 0.1) is 22.5 Å². The molecular weight excluding hydrogens is 817 g/mol. The van der Waals surface area contributed by atoms with E-state index in [-0.39, 0.29) is 17.4 Å². The molecule has 0 spiro atoms. The minimum atomic E-state index is -4.69. The second-order valence-corrected chi connectivity index (χ2v) is 13.8. The van der Waals surface area contributed by atoms with Crippen LogP contribution in [-0.2, 0) is 11.7 Å². The van der Waals surface area contributed by atoms with E-state index in [0.29, 0.717) is 15.7 Å². The van der Waals surface area contributed by atoms with Crippen molar-refractivity contribution < 1.29 is 22.4 Å². The molecule has 5 aromatic carbocycles. The first kappa shape index (κ1) is 37.6. The SMILES string of the molecule is CN(C(=O)c1ccc(C2=CNC3C=CC(/C(=C/N(N)C(c4ccccc4)(c4ccccc4)c4ccccc4)CI)=CN23)cc1F)c1ccccc1C(F)(F)F. The third-order valence-corrected chi connectivity index (χ3v) is 10.7. The predicted octanol–water partition coefficient (Wildman–Crippen LogP) is 9.59. The Balaban J connectivity index is 1.21. The Morgan fingerprint density at radius 3 is 1.96 bits per heavy atom. The summed E-state index contributed by atoms with van der Waals surface area (Å²) in [7, 11) is 1.20. The number of nitrogens with two attached hydrogens (primary N) is 1. The van der Waals surface area contributed by atoms with E-state index in [1.54, 1.807) is 17.3 Å². The fraction of sp³-hybridized carbons (Fsp3) is 0.114. The molecule has 55 heavy (non-hydrogen) atoms. The Hall–Kier alpha value is -5.66. The molecule has 1 amide bonds. The van der Waals surface area contributed by atoms with Gasteiger partial charge in [-0.25, -0.2) is 10.2 Å². The summed E-state index contributed by atoms with van der Waals surface area (Å²) in [5.74, 6) is 5.48. The number of benzene rings is 5. The van der Waals surface area contributed by atoms with E-state index < -0.39 is 29.0 Å². The van der Waals surface area contributed by atoms with Crippen LogP contribution in [0.15, 0.2) is 175 Å². The van der Waals surface area contributed by atoms with Crippen molar-refractivity contribution in [3.63, 3.8) is 0 Å². The van der Waals surface area contributed by atoms with E-state index in [1.165, 1.54) is 37.4 Å². The van der Waals surface area contributed by atoms with Gasteiger partial charge in [0, 0.05) is 35.6 Å². The Kier molecular flexibility index (Phi) is 10.7. The van der Waals surface area contributed by atoms with E-state index in [2.05, 4.69) is 64.3 Å². The molecule has 0 aliphatic carbocycles. The maximum absolute atomic E-state index is 15.7. The molecule has 2 aliphatic rings. The van der Waals surface area contributed by atoms with Gasteiger partial charge in [0.15, 0.2) is 0 Å². The van der Waals surface area contributed by atoms with Crippen LogP contribution in [0.2, 0.25) is 0 Å². The normalized spacial score (nSPS) is 15.5. The molecule has 0 radical (unpaired) electrons. The number of carbonyl (C=O) groups is 1. The second-order valence-electron chi connectivity index (χ2n) is 13.1. The lowest BCUT2D eigenvalue weighted by Gasteiger charge is -2.43. The first-order valence-corrected chi connectivity index (χ1v) is 18.9. The van der Waals surface area contributed by atoms with Crippen molar-refractivity contribution in [3.8, 4) is 0 Å². The van der Waals surface area contributed by atoms with Gasteiger partial charge in [-0.15, -0.1) is 0 Å². The lowest BCUT2D eigenvalue weighted by Crippen LogP contribution is -2.49. The summed E-state index contributed by atoms with van der Waals surface area (Å²) in [4.78, 5) is 16.1. The van der Waals surface area contributed by atoms with E-state index in [9.17, 15) is 18.0 Å². The fourth-order valence-corrected chi connectivity index (χ4v) is 7.79. The molecule has 278 valence electrons. The maximum Gasteiger partial charge on any atom is 0.418 e. The summed E-state index contributed by atoms with van der Waals surface area (Å²) in [5.41, 5.74) is 3.32. The van der Waals surface area contributed by atoms with Crippen LogP contribution in [0.1, 0.15) is 38.2 Å². The summed E-state index contributed by atoms with van der Waals surface area (Å²) < 4.78 is 57.4. The number of halogens is 5. The number of rotatable bonds is 10. The van der Waals surface area contributed by atoms with Crippen molar-refractivity contribution in [3.05, 3.63) is 215 Å². The van der Waals surface area contributed by atoms with Crippen molar-refractivity contribution in [2.45, 2.75) is 17.9 Å². The Bertz CT molecular complexity index is 2210. The number of allylic oxidation sites excluding steroid dienone is 3. The van der Waals surface area contributed by atoms with Gasteiger partial charge in [-0.05, 0) is 58.2 Å². The minimum Gasteiger partial charge on any atom is -0.366 e. The lowest BCUT2D eigenvalue weighted by molar-refractivity contribution is -0.137. The van der Waals surface area contributed by atoms with Crippen molar-refractivity contribution in [2.75, 3.05) is 16.4 Å². The third kappa shape index (κ3) is 7.17. The number of hydrogen-bond acceptors (Lipinski definition) is 5. The first-order valence-electron chi connectivity index (χ1n) is 17.4. The molecule has 6 nitrogen and oxygen atoms in total. The van der Waals surface area contributed by atoms with E-state index in [4.69, 9.17) is 5.84 Å². The number of anilines is 1. The summed E-state index contributed by atoms with van der Waals surface area (Å²) in [6, 6.07) is 39.2. The van der Waals surface area contributed by atoms with Crippen LogP contribution < -0.4 is 16.1 Å². The highest BCUT2D eigenvalue weighted by Gasteiger charge is 2.41. The van der Waals surface area contributed by atoms with Gasteiger partial charge in [0.25, 0.3) is 5.91 Å². The highest BCUT2D eigenvalue weighted by Crippen LogP contribution is 2.42. The van der Waals surface area contributed by atoms with Crippen molar-refractivity contribution in [2.24, 2.45) is 5.84 Å². The Labute approximate surface area is 330 Å². The number of nitrogens with zero attached hydrogens (tertiary/aromatic N) is 3. The highest BCUT2D eigenvalue weighted by molar-refractivity contribution is 14.1. The average Bonchev–Trinajstić information content (AvgIpc) is 3.64. The zero-order valence-corrected chi connectivity index (χ0v) is 31.7. The number of amides is 1. The number of carbonyl (C=O) groups excluding carboxylic acids is 1. The molecule has 2 aliphatic heterocycles. The first-order chi connectivity index (χ1) is 26.5. The van der Waals surface area contributed by atoms with Crippen molar-refractivity contribution in [1.29, 1.82) is 0 Å². The molecule has 5 aromatic rings. The smallest absolute Gasteiger partial charge is 0.366 e. The number of para-hydroxylation sites is 1. The molecule has 1 unspecified atom stereocenters. The Morgan fingerprint density at radius 1 is 0.855 bits per heavy atom. The Morgan fingerprint density at radius 2 is 1.42 bits per heavy atom. The van der Waals surface area contributed by atoms with Gasteiger partial charge in [-0.3, -0.25) is 9.80 Å². The molecule has 7 rings (SSSR count). The van der Waals surface area contributed by atoms with Gasteiger partial charge >= 0.3 is 6.18 Å². The topological polar surface area (TPSA) is 64.8 Å². The number of fused-ring (bicyclic) bond motifs is 1. The largest absolute Gasteiger partial charge is 0.418 e. The zero-order chi connectivity index (χ0) is 38.7. The molecule has 0 bridgehead atoms. The molecule has 3 N–H and O–H groups in total. The van der Waals surface area contributed by atoms with Crippen LogP contribution in [0, 0.1) is 5.82 Å². The van der Waals surface area contributed by atoms with Crippen molar-refractivity contribution >= 4 is 39.9 Å². The number of hydrazine groups is 1. The molecule has 2 heterocycles. The summed E-state index contributed by atoms with van der Waals surface area (Å²) >= 11 is 2.32. The molecule has 11 heteroatoms. The van der Waals surface area contributed by atoms with E-state index in [1.807, 2.05) is 84.0 Å². The van der Waals surface area contributed by atoms with Gasteiger partial charge in [0.1, 0.15) is 17.5 Å². The van der Waals surface area contributed by atoms with Crippen LogP contribution >= 0.6 is 22.6 Å². The standard InChI is InChI=1S/C44H36F4IN5O/c1-52(39-20-12-11-19-37(39)44(46,47)48)42(55)36-23-21-30(25-38(36)45)40-27-51-41-24-22-31(28-53(40)41)32(26-49)29-54(50)43(33-13-5-2-6-14-33,34-15-7-3-8-16-34)35-17-9-4-10-18-35/h2-25,27-29,41,51H,26,50H2,1H3/b32-29+. The average molecular weight is 854 g/mol. The van der Waals surface area contributed by atoms with Gasteiger partial charge in [-0.2, -0.15) is 13.2 Å². The minimum absolute atomic E-state index is 0.255. The van der Waals surface area contributed by atoms with Crippen LogP contribution in [0.5, 0.6) is 0 Å². The molecule has 0 aromatic heterocycles. The molecule has 1 atom stereocenters. The zero-order valence-electron chi connectivity index (χ0n) is 29.6. The summed E-state index contributed by atoms with van der Waals surface area (Å²) in [6.45, 7) is 0. The molecule has 0 saturated heterocycles. The second kappa shape index (κ2) is 15.6. The van der Waals surface area contributed by atoms with Gasteiger partial charge in [0.2, 0.25) is 0 Å². The number of hydrogen-bond donors (Lipinski definition) is 2. The number of nitrogens with one attached hydrogen (secondary N) is 1. The van der Waals surface area contributed by atoms with Crippen LogP contribution in [0.3, 0.4) is 0 Å². The van der Waals surface area contributed by atoms with E-state index in [0.717, 1.165) is 38.8 Å². The monoisotopic (exact) mass is 853 g/mol. The fourth-order valence-electron chi connectivity index (χ4n) is 7.16. The highest BCUT2D eigenvalue weighted by atomic mass is 127. The quantitative estimate of drug-likeness (QED) is 0.0366. The summed E-state index contributed by atoms with van der Waals surface area (Å²) in [5, 5.41) is 5.08. The third-order valence-electron chi connectivity index (χ3n) is 9.85. The molecule has 0 fully saturated rings.